The van der Waals surface area contributed by atoms with Gasteiger partial charge in [0.25, 0.3) is 0 Å². The van der Waals surface area contributed by atoms with Gasteiger partial charge >= 0.3 is 5.97 Å². The third kappa shape index (κ3) is 2.21. The third-order valence-electron chi connectivity index (χ3n) is 2.33. The van der Waals surface area contributed by atoms with Crippen molar-refractivity contribution in [2.24, 2.45) is 0 Å². The van der Waals surface area contributed by atoms with E-state index in [-0.39, 0.29) is 5.97 Å². The van der Waals surface area contributed by atoms with E-state index in [1.54, 1.807) is 0 Å². The molecule has 1 aliphatic rings. The predicted octanol–water partition coefficient (Wildman–Crippen LogP) is 3.19. The minimum Gasteiger partial charge on any atom is -0.426 e. The number of benzene rings is 1. The smallest absolute Gasteiger partial charge is 0.308 e. The van der Waals surface area contributed by atoms with E-state index in [2.05, 4.69) is 0 Å². The predicted molar refractivity (Wildman–Crippen MR) is 59.5 cm³/mol. The van der Waals surface area contributed by atoms with Gasteiger partial charge in [-0.2, -0.15) is 0 Å². The van der Waals surface area contributed by atoms with Crippen molar-refractivity contribution in [3.05, 3.63) is 40.4 Å². The van der Waals surface area contributed by atoms with Crippen molar-refractivity contribution in [1.82, 2.24) is 0 Å². The Labute approximate surface area is 93.5 Å². The molecule has 0 unspecified atom stereocenters. The Hall–Kier alpha value is -1.28. The molecule has 1 aromatic carbocycles. The van der Waals surface area contributed by atoms with Gasteiger partial charge in [-0.05, 0) is 36.6 Å². The van der Waals surface area contributed by atoms with Crippen LogP contribution in [-0.2, 0) is 16.0 Å². The summed E-state index contributed by atoms with van der Waals surface area (Å²) in [4.78, 5) is 10.9. The zero-order valence-electron chi connectivity index (χ0n) is 8.42. The van der Waals surface area contributed by atoms with Crippen LogP contribution in [0.15, 0.2) is 24.3 Å². The van der Waals surface area contributed by atoms with Crippen LogP contribution >= 0.6 is 11.6 Å². The maximum absolute atomic E-state index is 10.9. The van der Waals surface area contributed by atoms with Crippen LogP contribution in [0.25, 0.3) is 5.76 Å². The third-order valence-corrected chi connectivity index (χ3v) is 2.57. The Bertz CT molecular complexity index is 435. The quantitative estimate of drug-likeness (QED) is 0.683. The maximum Gasteiger partial charge on any atom is 0.308 e. The van der Waals surface area contributed by atoms with Crippen LogP contribution < -0.4 is 0 Å². The van der Waals surface area contributed by atoms with Crippen molar-refractivity contribution in [2.75, 3.05) is 0 Å². The van der Waals surface area contributed by atoms with Crippen LogP contribution in [0.3, 0.4) is 0 Å². The van der Waals surface area contributed by atoms with Crippen molar-refractivity contribution in [3.63, 3.8) is 0 Å². The average Bonchev–Trinajstić information content (AvgIpc) is 2.18. The van der Waals surface area contributed by atoms with Crippen molar-refractivity contribution < 1.29 is 9.53 Å². The Kier molecular flexibility index (Phi) is 2.78. The molecule has 0 saturated carbocycles. The van der Waals surface area contributed by atoms with E-state index >= 15 is 0 Å². The first-order chi connectivity index (χ1) is 7.16. The van der Waals surface area contributed by atoms with Gasteiger partial charge in [0, 0.05) is 17.5 Å². The van der Waals surface area contributed by atoms with Crippen LogP contribution in [0.5, 0.6) is 0 Å². The van der Waals surface area contributed by atoms with Crippen LogP contribution in [0.1, 0.15) is 24.5 Å². The first-order valence-electron chi connectivity index (χ1n) is 4.84. The SMILES string of the molecule is CC(=O)OC1=CCCc2ccc(Cl)cc21. The second-order valence-electron chi connectivity index (χ2n) is 3.50. The summed E-state index contributed by atoms with van der Waals surface area (Å²) in [6, 6.07) is 5.68. The molecule has 0 spiro atoms. The molecule has 0 radical (unpaired) electrons. The lowest BCUT2D eigenvalue weighted by Gasteiger charge is -2.16. The van der Waals surface area contributed by atoms with Crippen molar-refractivity contribution in [3.8, 4) is 0 Å². The lowest BCUT2D eigenvalue weighted by atomic mass is 9.96. The number of allylic oxidation sites excluding steroid dienone is 1. The fourth-order valence-electron chi connectivity index (χ4n) is 1.72. The molecule has 0 amide bonds. The van der Waals surface area contributed by atoms with E-state index in [0.717, 1.165) is 18.4 Å². The van der Waals surface area contributed by atoms with Gasteiger partial charge in [0.15, 0.2) is 0 Å². The van der Waals surface area contributed by atoms with Gasteiger partial charge < -0.3 is 4.74 Å². The lowest BCUT2D eigenvalue weighted by Crippen LogP contribution is -2.05. The monoisotopic (exact) mass is 222 g/mol. The number of hydrogen-bond donors (Lipinski definition) is 0. The number of carbonyl (C=O) groups excluding carboxylic acids is 1. The topological polar surface area (TPSA) is 26.3 Å². The van der Waals surface area contributed by atoms with Crippen LogP contribution in [0, 0.1) is 0 Å². The fraction of sp³-hybridized carbons (Fsp3) is 0.250. The van der Waals surface area contributed by atoms with Gasteiger partial charge in [-0.15, -0.1) is 0 Å². The molecule has 0 bridgehead atoms. The zero-order chi connectivity index (χ0) is 10.8. The summed E-state index contributed by atoms with van der Waals surface area (Å²) in [6.45, 7) is 1.40. The first kappa shape index (κ1) is 10.2. The number of ether oxygens (including phenoxy) is 1. The standard InChI is InChI=1S/C12H11ClO2/c1-8(14)15-12-4-2-3-9-5-6-10(13)7-11(9)12/h4-7H,2-3H2,1H3. The van der Waals surface area contributed by atoms with Crippen molar-refractivity contribution >= 4 is 23.3 Å². The summed E-state index contributed by atoms with van der Waals surface area (Å²) in [7, 11) is 0. The normalized spacial score (nSPS) is 14.1. The summed E-state index contributed by atoms with van der Waals surface area (Å²) in [5.41, 5.74) is 2.11. The van der Waals surface area contributed by atoms with Crippen LogP contribution in [-0.4, -0.2) is 5.97 Å². The highest BCUT2D eigenvalue weighted by atomic mass is 35.5. The van der Waals surface area contributed by atoms with Crippen LogP contribution in [0.2, 0.25) is 5.02 Å². The number of fused-ring (bicyclic) bond motifs is 1. The van der Waals surface area contributed by atoms with Gasteiger partial charge in [-0.1, -0.05) is 17.7 Å². The molecule has 0 atom stereocenters. The highest BCUT2D eigenvalue weighted by molar-refractivity contribution is 6.30. The molecule has 3 heteroatoms. The van der Waals surface area contributed by atoms with Crippen molar-refractivity contribution in [2.45, 2.75) is 19.8 Å². The van der Waals surface area contributed by atoms with Crippen LogP contribution in [0.4, 0.5) is 0 Å². The molecule has 0 aliphatic heterocycles. The number of halogens is 1. The van der Waals surface area contributed by atoms with Gasteiger partial charge in [0.1, 0.15) is 5.76 Å². The number of esters is 1. The van der Waals surface area contributed by atoms with E-state index in [1.165, 1.54) is 12.5 Å². The average molecular weight is 223 g/mol. The molecule has 0 aromatic heterocycles. The minimum absolute atomic E-state index is 0.297. The minimum atomic E-state index is -0.297. The summed E-state index contributed by atoms with van der Waals surface area (Å²) in [5.74, 6) is 0.334. The first-order valence-corrected chi connectivity index (χ1v) is 5.22. The lowest BCUT2D eigenvalue weighted by molar-refractivity contribution is -0.134. The second-order valence-corrected chi connectivity index (χ2v) is 3.94. The Morgan fingerprint density at radius 1 is 1.47 bits per heavy atom. The highest BCUT2D eigenvalue weighted by Crippen LogP contribution is 2.29. The molecule has 2 nitrogen and oxygen atoms in total. The molecule has 0 N–H and O–H groups in total. The zero-order valence-corrected chi connectivity index (χ0v) is 9.17. The molecule has 78 valence electrons. The number of aryl methyl sites for hydroxylation is 1. The van der Waals surface area contributed by atoms with Gasteiger partial charge in [0.2, 0.25) is 0 Å². The van der Waals surface area contributed by atoms with Gasteiger partial charge in [0.05, 0.1) is 0 Å². The molecule has 0 fully saturated rings. The van der Waals surface area contributed by atoms with Gasteiger partial charge in [-0.25, -0.2) is 0 Å². The number of hydrogen-bond acceptors (Lipinski definition) is 2. The summed E-state index contributed by atoms with van der Waals surface area (Å²) >= 11 is 5.91. The molecule has 2 rings (SSSR count). The summed E-state index contributed by atoms with van der Waals surface area (Å²) in [5, 5.41) is 0.661. The van der Waals surface area contributed by atoms with E-state index < -0.39 is 0 Å². The molecule has 15 heavy (non-hydrogen) atoms. The Balaban J connectivity index is 2.40. The number of carbonyl (C=O) groups is 1. The fourth-order valence-corrected chi connectivity index (χ4v) is 1.89. The van der Waals surface area contributed by atoms with E-state index in [4.69, 9.17) is 16.3 Å². The molecule has 1 aromatic rings. The van der Waals surface area contributed by atoms with E-state index in [0.29, 0.717) is 10.8 Å². The second kappa shape index (κ2) is 4.07. The molecule has 0 heterocycles. The molecular weight excluding hydrogens is 212 g/mol. The molecule has 1 aliphatic carbocycles. The van der Waals surface area contributed by atoms with E-state index in [9.17, 15) is 4.79 Å². The summed E-state index contributed by atoms with van der Waals surface area (Å²) < 4.78 is 5.14. The largest absolute Gasteiger partial charge is 0.426 e. The van der Waals surface area contributed by atoms with Gasteiger partial charge in [-0.3, -0.25) is 4.79 Å². The van der Waals surface area contributed by atoms with E-state index in [1.807, 2.05) is 24.3 Å². The molecule has 0 saturated heterocycles. The summed E-state index contributed by atoms with van der Waals surface area (Å²) in [6.07, 6.45) is 3.80. The maximum atomic E-state index is 10.9. The molecular formula is C12H11ClO2. The highest BCUT2D eigenvalue weighted by Gasteiger charge is 2.15. The Morgan fingerprint density at radius 2 is 2.27 bits per heavy atom. The Morgan fingerprint density at radius 3 is 3.00 bits per heavy atom. The number of rotatable bonds is 1. The van der Waals surface area contributed by atoms with Crippen molar-refractivity contribution in [1.29, 1.82) is 0 Å².